The maximum atomic E-state index is 12.8. The van der Waals surface area contributed by atoms with Crippen LogP contribution in [0.1, 0.15) is 41.9 Å². The molecule has 1 aromatic carbocycles. The Labute approximate surface area is 147 Å². The van der Waals surface area contributed by atoms with Crippen LogP contribution in [0.15, 0.2) is 22.6 Å². The van der Waals surface area contributed by atoms with Crippen LogP contribution in [0.25, 0.3) is 11.1 Å². The summed E-state index contributed by atoms with van der Waals surface area (Å²) < 4.78 is 10.8. The molecule has 1 aliphatic rings. The number of nitrogens with zero attached hydrogens (tertiary/aromatic N) is 2. The summed E-state index contributed by atoms with van der Waals surface area (Å²) in [6, 6.07) is 5.46. The first-order valence-corrected chi connectivity index (χ1v) is 9.00. The van der Waals surface area contributed by atoms with Crippen LogP contribution in [0, 0.1) is 5.92 Å². The predicted molar refractivity (Wildman–Crippen MR) is 94.5 cm³/mol. The second kappa shape index (κ2) is 8.45. The number of aliphatic hydroxyl groups excluding tert-OH is 1. The highest BCUT2D eigenvalue weighted by Crippen LogP contribution is 2.24. The third-order valence-electron chi connectivity index (χ3n) is 4.78. The van der Waals surface area contributed by atoms with Gasteiger partial charge in [0.25, 0.3) is 5.91 Å². The van der Waals surface area contributed by atoms with Gasteiger partial charge in [-0.15, -0.1) is 0 Å². The van der Waals surface area contributed by atoms with Crippen molar-refractivity contribution < 1.29 is 19.1 Å². The van der Waals surface area contributed by atoms with Crippen molar-refractivity contribution >= 4 is 17.0 Å². The van der Waals surface area contributed by atoms with Crippen molar-refractivity contribution in [2.75, 3.05) is 33.4 Å². The maximum absolute atomic E-state index is 12.8. The van der Waals surface area contributed by atoms with Crippen LogP contribution in [0.2, 0.25) is 0 Å². The van der Waals surface area contributed by atoms with Crippen LogP contribution < -0.4 is 0 Å². The molecule has 2 aromatic rings. The van der Waals surface area contributed by atoms with Crippen LogP contribution in [-0.4, -0.2) is 54.3 Å². The average molecular weight is 346 g/mol. The van der Waals surface area contributed by atoms with E-state index in [0.29, 0.717) is 36.0 Å². The molecule has 0 bridgehead atoms. The number of amides is 1. The van der Waals surface area contributed by atoms with Crippen molar-refractivity contribution in [2.45, 2.75) is 32.1 Å². The van der Waals surface area contributed by atoms with Crippen molar-refractivity contribution in [1.29, 1.82) is 0 Å². The number of hydrogen-bond donors (Lipinski definition) is 1. The Morgan fingerprint density at radius 3 is 3.16 bits per heavy atom. The van der Waals surface area contributed by atoms with Gasteiger partial charge >= 0.3 is 0 Å². The zero-order valence-electron chi connectivity index (χ0n) is 14.7. The summed E-state index contributed by atoms with van der Waals surface area (Å²) in [7, 11) is 1.64. The third kappa shape index (κ3) is 4.38. The van der Waals surface area contributed by atoms with Crippen LogP contribution in [0.5, 0.6) is 0 Å². The summed E-state index contributed by atoms with van der Waals surface area (Å²) in [5.41, 5.74) is 2.05. The molecule has 0 saturated carbocycles. The molecule has 1 atom stereocenters. The van der Waals surface area contributed by atoms with Crippen molar-refractivity contribution in [3.63, 3.8) is 0 Å². The summed E-state index contributed by atoms with van der Waals surface area (Å²) in [6.45, 7) is 2.34. The van der Waals surface area contributed by atoms with Crippen LogP contribution in [0.3, 0.4) is 0 Å². The van der Waals surface area contributed by atoms with Crippen LogP contribution >= 0.6 is 0 Å². The Bertz CT molecular complexity index is 713. The van der Waals surface area contributed by atoms with Gasteiger partial charge < -0.3 is 19.2 Å². The number of oxazole rings is 1. The number of aliphatic hydroxyl groups is 1. The van der Waals surface area contributed by atoms with Gasteiger partial charge in [0.05, 0.1) is 6.61 Å². The second-order valence-electron chi connectivity index (χ2n) is 6.66. The molecule has 3 rings (SSSR count). The minimum Gasteiger partial charge on any atom is -0.441 e. The Morgan fingerprint density at radius 1 is 1.48 bits per heavy atom. The second-order valence-corrected chi connectivity index (χ2v) is 6.66. The van der Waals surface area contributed by atoms with Gasteiger partial charge in [-0.3, -0.25) is 4.79 Å². The molecule has 1 saturated heterocycles. The highest BCUT2D eigenvalue weighted by molar-refractivity contribution is 5.97. The van der Waals surface area contributed by atoms with Crippen LogP contribution in [-0.2, 0) is 11.2 Å². The zero-order valence-corrected chi connectivity index (χ0v) is 14.7. The molecule has 2 heterocycles. The summed E-state index contributed by atoms with van der Waals surface area (Å²) in [5, 5.41) is 9.00. The number of rotatable bonds is 7. The largest absolute Gasteiger partial charge is 0.441 e. The number of benzene rings is 1. The summed E-state index contributed by atoms with van der Waals surface area (Å²) >= 11 is 0. The first-order valence-electron chi connectivity index (χ1n) is 9.00. The van der Waals surface area contributed by atoms with E-state index in [9.17, 15) is 4.79 Å². The van der Waals surface area contributed by atoms with Gasteiger partial charge in [0, 0.05) is 38.8 Å². The highest BCUT2D eigenvalue weighted by atomic mass is 16.5. The zero-order chi connectivity index (χ0) is 17.6. The fourth-order valence-electron chi connectivity index (χ4n) is 3.45. The molecule has 1 aromatic heterocycles. The van der Waals surface area contributed by atoms with E-state index in [1.807, 2.05) is 17.0 Å². The van der Waals surface area contributed by atoms with Crippen molar-refractivity contribution in [1.82, 2.24) is 9.88 Å². The van der Waals surface area contributed by atoms with Gasteiger partial charge in [-0.2, -0.15) is 0 Å². The Morgan fingerprint density at radius 2 is 2.36 bits per heavy atom. The molecule has 0 radical (unpaired) electrons. The minimum atomic E-state index is 0.0467. The van der Waals surface area contributed by atoms with E-state index in [0.717, 1.165) is 44.3 Å². The summed E-state index contributed by atoms with van der Waals surface area (Å²) in [5.74, 6) is 1.16. The van der Waals surface area contributed by atoms with E-state index in [-0.39, 0.29) is 12.5 Å². The SMILES string of the molecule is COCCc1nc2ccc(C(=O)N3CCC[C@@H](CCCO)C3)cc2o1. The van der Waals surface area contributed by atoms with E-state index in [1.54, 1.807) is 13.2 Å². The molecule has 1 fully saturated rings. The molecule has 6 heteroatoms. The third-order valence-corrected chi connectivity index (χ3v) is 4.78. The Balaban J connectivity index is 1.70. The quantitative estimate of drug-likeness (QED) is 0.834. The van der Waals surface area contributed by atoms with Gasteiger partial charge in [-0.1, -0.05) is 0 Å². The lowest BCUT2D eigenvalue weighted by atomic mass is 9.93. The summed E-state index contributed by atoms with van der Waals surface area (Å²) in [6.07, 6.45) is 4.56. The molecular weight excluding hydrogens is 320 g/mol. The fourth-order valence-corrected chi connectivity index (χ4v) is 3.45. The Hall–Kier alpha value is -1.92. The van der Waals surface area contributed by atoms with Gasteiger partial charge in [0.15, 0.2) is 11.5 Å². The van der Waals surface area contributed by atoms with Gasteiger partial charge in [-0.05, 0) is 49.8 Å². The number of piperidine rings is 1. The highest BCUT2D eigenvalue weighted by Gasteiger charge is 2.24. The molecule has 0 unspecified atom stereocenters. The first kappa shape index (κ1) is 17.9. The monoisotopic (exact) mass is 346 g/mol. The molecule has 0 aliphatic carbocycles. The van der Waals surface area contributed by atoms with Crippen molar-refractivity contribution in [3.8, 4) is 0 Å². The number of aromatic nitrogens is 1. The molecular formula is C19H26N2O4. The number of ether oxygens (including phenoxy) is 1. The van der Waals surface area contributed by atoms with Crippen LogP contribution in [0.4, 0.5) is 0 Å². The maximum Gasteiger partial charge on any atom is 0.254 e. The van der Waals surface area contributed by atoms with E-state index < -0.39 is 0 Å². The number of hydrogen-bond acceptors (Lipinski definition) is 5. The topological polar surface area (TPSA) is 75.8 Å². The van der Waals surface area contributed by atoms with Crippen molar-refractivity contribution in [2.24, 2.45) is 5.92 Å². The lowest BCUT2D eigenvalue weighted by molar-refractivity contribution is 0.0663. The summed E-state index contributed by atoms with van der Waals surface area (Å²) in [4.78, 5) is 19.2. The Kier molecular flexibility index (Phi) is 6.04. The number of carbonyl (C=O) groups excluding carboxylic acids is 1. The molecule has 0 spiro atoms. The molecule has 6 nitrogen and oxygen atoms in total. The van der Waals surface area contributed by atoms with Gasteiger partial charge in [0.2, 0.25) is 0 Å². The first-order chi connectivity index (χ1) is 12.2. The predicted octanol–water partition coefficient (Wildman–Crippen LogP) is 2.64. The average Bonchev–Trinajstić information content (AvgIpc) is 3.06. The lowest BCUT2D eigenvalue weighted by Crippen LogP contribution is -2.40. The number of methoxy groups -OCH3 is 1. The number of fused-ring (bicyclic) bond motifs is 1. The fraction of sp³-hybridized carbons (Fsp3) is 0.579. The van der Waals surface area contributed by atoms with E-state index >= 15 is 0 Å². The minimum absolute atomic E-state index is 0.0467. The van der Waals surface area contributed by atoms with E-state index in [1.165, 1.54) is 0 Å². The molecule has 1 N–H and O–H groups in total. The molecule has 136 valence electrons. The number of likely N-dealkylation sites (tertiary alicyclic amines) is 1. The van der Waals surface area contributed by atoms with E-state index in [2.05, 4.69) is 4.98 Å². The smallest absolute Gasteiger partial charge is 0.254 e. The van der Waals surface area contributed by atoms with Gasteiger partial charge in [-0.25, -0.2) is 4.98 Å². The van der Waals surface area contributed by atoms with Gasteiger partial charge in [0.1, 0.15) is 5.52 Å². The number of carbonyl (C=O) groups is 1. The normalized spacial score (nSPS) is 18.0. The molecule has 1 aliphatic heterocycles. The standard InChI is InChI=1S/C19H26N2O4/c1-24-11-8-18-20-16-7-6-15(12-17(16)25-18)19(23)21-9-2-4-14(13-21)5-3-10-22/h6-7,12,14,22H,2-5,8-11,13H2,1H3/t14-/m0/s1. The van der Waals surface area contributed by atoms with Crippen molar-refractivity contribution in [3.05, 3.63) is 29.7 Å². The molecule has 1 amide bonds. The molecule has 25 heavy (non-hydrogen) atoms. The lowest BCUT2D eigenvalue weighted by Gasteiger charge is -2.32. The van der Waals surface area contributed by atoms with E-state index in [4.69, 9.17) is 14.3 Å².